The van der Waals surface area contributed by atoms with Gasteiger partial charge in [0.2, 0.25) is 0 Å². The number of anilines is 2. The second-order valence-electron chi connectivity index (χ2n) is 4.72. The van der Waals surface area contributed by atoms with Crippen molar-refractivity contribution in [2.75, 3.05) is 44.4 Å². The minimum absolute atomic E-state index is 0.634. The van der Waals surface area contributed by atoms with Gasteiger partial charge in [0.1, 0.15) is 10.8 Å². The summed E-state index contributed by atoms with van der Waals surface area (Å²) in [6, 6.07) is 1.96. The van der Waals surface area contributed by atoms with Crippen molar-refractivity contribution in [3.8, 4) is 0 Å². The molecule has 2 N–H and O–H groups in total. The van der Waals surface area contributed by atoms with E-state index in [2.05, 4.69) is 28.3 Å². The number of hydrogen-bond acceptors (Lipinski definition) is 5. The van der Waals surface area contributed by atoms with Crippen molar-refractivity contribution >= 4 is 22.4 Å². The summed E-state index contributed by atoms with van der Waals surface area (Å²) in [5, 5.41) is 1.18. The maximum Gasteiger partial charge on any atom is 0.139 e. The Hall–Kier alpha value is -0.810. The lowest BCUT2D eigenvalue weighted by Crippen LogP contribution is -2.35. The van der Waals surface area contributed by atoms with Gasteiger partial charge in [-0.3, -0.25) is 0 Å². The van der Waals surface area contributed by atoms with Gasteiger partial charge in [-0.25, -0.2) is 0 Å². The predicted octanol–water partition coefficient (Wildman–Crippen LogP) is 1.50. The lowest BCUT2D eigenvalue weighted by molar-refractivity contribution is 0.222. The minimum Gasteiger partial charge on any atom is -0.383 e. The summed E-state index contributed by atoms with van der Waals surface area (Å²) in [7, 11) is 4.33. The van der Waals surface area contributed by atoms with Crippen molar-refractivity contribution < 1.29 is 0 Å². The first-order valence-corrected chi connectivity index (χ1v) is 6.54. The third kappa shape index (κ3) is 2.86. The summed E-state index contributed by atoms with van der Waals surface area (Å²) >= 11 is 1.49. The first-order chi connectivity index (χ1) is 7.65. The van der Waals surface area contributed by atoms with Crippen LogP contribution in [0.3, 0.4) is 0 Å². The Bertz CT molecular complexity index is 330. The van der Waals surface area contributed by atoms with Crippen molar-refractivity contribution in [3.05, 3.63) is 6.07 Å². The molecule has 0 spiro atoms. The van der Waals surface area contributed by atoms with Crippen LogP contribution in [-0.4, -0.2) is 43.0 Å². The zero-order valence-electron chi connectivity index (χ0n) is 10.0. The quantitative estimate of drug-likeness (QED) is 0.870. The molecule has 1 aromatic heterocycles. The number of nitrogens with zero attached hydrogens (tertiary/aromatic N) is 3. The first kappa shape index (κ1) is 11.7. The van der Waals surface area contributed by atoms with Gasteiger partial charge >= 0.3 is 0 Å². The van der Waals surface area contributed by atoms with Gasteiger partial charge in [0.25, 0.3) is 0 Å². The number of likely N-dealkylation sites (tertiary alicyclic amines) is 1. The molecule has 0 bridgehead atoms. The molecule has 1 aliphatic heterocycles. The SMILES string of the molecule is CN1CCC(CN(C)c2cc(N)ns2)CC1. The van der Waals surface area contributed by atoms with E-state index >= 15 is 0 Å². The van der Waals surface area contributed by atoms with Crippen LogP contribution in [-0.2, 0) is 0 Å². The van der Waals surface area contributed by atoms with Crippen LogP contribution in [0.15, 0.2) is 6.07 Å². The maximum absolute atomic E-state index is 5.63. The highest BCUT2D eigenvalue weighted by molar-refractivity contribution is 7.10. The third-order valence-corrected chi connectivity index (χ3v) is 4.18. The topological polar surface area (TPSA) is 45.4 Å². The number of aromatic nitrogens is 1. The molecule has 1 fully saturated rings. The van der Waals surface area contributed by atoms with Crippen LogP contribution in [0, 0.1) is 5.92 Å². The molecule has 5 heteroatoms. The fourth-order valence-electron chi connectivity index (χ4n) is 2.18. The van der Waals surface area contributed by atoms with Gasteiger partial charge < -0.3 is 15.5 Å². The van der Waals surface area contributed by atoms with Crippen LogP contribution in [0.2, 0.25) is 0 Å². The zero-order chi connectivity index (χ0) is 11.5. The Labute approximate surface area is 101 Å². The van der Waals surface area contributed by atoms with E-state index < -0.39 is 0 Å². The standard InChI is InChI=1S/C11H20N4S/c1-14-5-3-9(4-6-14)8-15(2)11-7-10(12)13-16-11/h7,9H,3-6,8H2,1-2H3,(H2,12,13). The van der Waals surface area contributed by atoms with Crippen LogP contribution in [0.25, 0.3) is 0 Å². The summed E-state index contributed by atoms with van der Waals surface area (Å²) < 4.78 is 4.11. The van der Waals surface area contributed by atoms with E-state index in [-0.39, 0.29) is 0 Å². The molecule has 1 aliphatic rings. The lowest BCUT2D eigenvalue weighted by atomic mass is 9.97. The molecule has 0 saturated carbocycles. The number of nitrogens with two attached hydrogens (primary N) is 1. The number of piperidine rings is 1. The van der Waals surface area contributed by atoms with Gasteiger partial charge in [-0.2, -0.15) is 4.37 Å². The fourth-order valence-corrected chi connectivity index (χ4v) is 2.82. The summed E-state index contributed by atoms with van der Waals surface area (Å²) in [6.45, 7) is 3.57. The molecular weight excluding hydrogens is 220 g/mol. The van der Waals surface area contributed by atoms with E-state index in [4.69, 9.17) is 5.73 Å². The van der Waals surface area contributed by atoms with Gasteiger partial charge in [-0.1, -0.05) is 0 Å². The first-order valence-electron chi connectivity index (χ1n) is 5.77. The molecule has 0 aromatic carbocycles. The van der Waals surface area contributed by atoms with Gasteiger partial charge in [0.05, 0.1) is 0 Å². The Morgan fingerprint density at radius 1 is 1.56 bits per heavy atom. The Kier molecular flexibility index (Phi) is 3.66. The van der Waals surface area contributed by atoms with Crippen LogP contribution >= 0.6 is 11.5 Å². The van der Waals surface area contributed by atoms with E-state index in [0.717, 1.165) is 12.5 Å². The lowest BCUT2D eigenvalue weighted by Gasteiger charge is -2.31. The highest BCUT2D eigenvalue weighted by atomic mass is 32.1. The fraction of sp³-hybridized carbons (Fsp3) is 0.727. The van der Waals surface area contributed by atoms with Gasteiger partial charge in [-0.15, -0.1) is 0 Å². The number of hydrogen-bond donors (Lipinski definition) is 1. The molecule has 4 nitrogen and oxygen atoms in total. The van der Waals surface area contributed by atoms with E-state index in [1.54, 1.807) is 0 Å². The third-order valence-electron chi connectivity index (χ3n) is 3.26. The van der Waals surface area contributed by atoms with Gasteiger partial charge in [0.15, 0.2) is 0 Å². The van der Waals surface area contributed by atoms with E-state index in [1.165, 1.54) is 42.5 Å². The van der Waals surface area contributed by atoms with Crippen molar-refractivity contribution in [3.63, 3.8) is 0 Å². The Morgan fingerprint density at radius 3 is 2.81 bits per heavy atom. The molecule has 2 heterocycles. The molecule has 0 unspecified atom stereocenters. The molecule has 0 radical (unpaired) electrons. The van der Waals surface area contributed by atoms with Crippen LogP contribution in [0.5, 0.6) is 0 Å². The maximum atomic E-state index is 5.63. The molecule has 90 valence electrons. The van der Waals surface area contributed by atoms with Gasteiger partial charge in [0, 0.05) is 19.7 Å². The largest absolute Gasteiger partial charge is 0.383 e. The van der Waals surface area contributed by atoms with Crippen molar-refractivity contribution in [2.24, 2.45) is 5.92 Å². The van der Waals surface area contributed by atoms with E-state index in [0.29, 0.717) is 5.82 Å². The summed E-state index contributed by atoms with van der Waals surface area (Å²) in [4.78, 5) is 4.69. The van der Waals surface area contributed by atoms with Crippen molar-refractivity contribution in [2.45, 2.75) is 12.8 Å². The normalized spacial score (nSPS) is 18.9. The Morgan fingerprint density at radius 2 is 2.25 bits per heavy atom. The van der Waals surface area contributed by atoms with Crippen molar-refractivity contribution in [1.29, 1.82) is 0 Å². The summed E-state index contributed by atoms with van der Waals surface area (Å²) in [5.74, 6) is 1.44. The molecule has 2 rings (SSSR count). The second-order valence-corrected chi connectivity index (χ2v) is 5.50. The second kappa shape index (κ2) is 5.01. The molecule has 16 heavy (non-hydrogen) atoms. The molecule has 0 aliphatic carbocycles. The molecule has 1 saturated heterocycles. The Balaban J connectivity index is 1.85. The predicted molar refractivity (Wildman–Crippen MR) is 70.0 cm³/mol. The average Bonchev–Trinajstić information content (AvgIpc) is 2.68. The zero-order valence-corrected chi connectivity index (χ0v) is 10.8. The average molecular weight is 240 g/mol. The summed E-state index contributed by atoms with van der Waals surface area (Å²) in [5.41, 5.74) is 5.63. The van der Waals surface area contributed by atoms with E-state index in [9.17, 15) is 0 Å². The monoisotopic (exact) mass is 240 g/mol. The smallest absolute Gasteiger partial charge is 0.139 e. The molecule has 0 atom stereocenters. The summed E-state index contributed by atoms with van der Waals surface area (Å²) in [6.07, 6.45) is 2.60. The molecular formula is C11H20N4S. The van der Waals surface area contributed by atoms with E-state index in [1.807, 2.05) is 6.07 Å². The van der Waals surface area contributed by atoms with Crippen LogP contribution < -0.4 is 10.6 Å². The molecule has 1 aromatic rings. The highest BCUT2D eigenvalue weighted by Crippen LogP contribution is 2.24. The van der Waals surface area contributed by atoms with Crippen LogP contribution in [0.4, 0.5) is 10.8 Å². The van der Waals surface area contributed by atoms with Crippen LogP contribution in [0.1, 0.15) is 12.8 Å². The van der Waals surface area contributed by atoms with Crippen molar-refractivity contribution in [1.82, 2.24) is 9.27 Å². The van der Waals surface area contributed by atoms with Gasteiger partial charge in [-0.05, 0) is 50.4 Å². The number of rotatable bonds is 3. The number of nitrogen functional groups attached to an aromatic ring is 1. The molecule has 0 amide bonds. The minimum atomic E-state index is 0.634. The highest BCUT2D eigenvalue weighted by Gasteiger charge is 2.18.